The molecule has 4 aromatic carbocycles. The summed E-state index contributed by atoms with van der Waals surface area (Å²) in [5, 5.41) is 0. The van der Waals surface area contributed by atoms with Crippen LogP contribution in [0.5, 0.6) is 11.5 Å². The Bertz CT molecular complexity index is 1300. The summed E-state index contributed by atoms with van der Waals surface area (Å²) >= 11 is 0. The molecule has 1 heterocycles. The SMILES string of the molecule is c1ccc2c(c#1)B(c1cc(-c3ccccc3)ccc1C1=CC=CCC1)c1ccccc1O2. The van der Waals surface area contributed by atoms with Crippen LogP contribution in [0.4, 0.5) is 0 Å². The van der Waals surface area contributed by atoms with Crippen LogP contribution in [0.25, 0.3) is 16.7 Å². The second-order valence-corrected chi connectivity index (χ2v) is 8.28. The smallest absolute Gasteiger partial charge is 0.262 e. The maximum atomic E-state index is 6.25. The van der Waals surface area contributed by atoms with E-state index in [1.807, 2.05) is 18.2 Å². The van der Waals surface area contributed by atoms with E-state index in [1.54, 1.807) is 0 Å². The Morgan fingerprint density at radius 2 is 1.66 bits per heavy atom. The molecule has 1 nitrogen and oxygen atoms in total. The molecule has 4 aromatic rings. The number of hydrogen-bond acceptors (Lipinski definition) is 1. The first-order valence-corrected chi connectivity index (χ1v) is 11.1. The molecule has 0 amide bonds. The zero-order valence-electron chi connectivity index (χ0n) is 17.7. The summed E-state index contributed by atoms with van der Waals surface area (Å²) < 4.78 is 6.25. The number of hydrogen-bond donors (Lipinski definition) is 0. The molecule has 0 saturated carbocycles. The first-order chi connectivity index (χ1) is 15.9. The van der Waals surface area contributed by atoms with E-state index in [-0.39, 0.29) is 6.71 Å². The van der Waals surface area contributed by atoms with Gasteiger partial charge >= 0.3 is 0 Å². The minimum absolute atomic E-state index is 0.0397. The van der Waals surface area contributed by atoms with Gasteiger partial charge in [-0.15, -0.1) is 0 Å². The predicted octanol–water partition coefficient (Wildman–Crippen LogP) is 5.31. The summed E-state index contributed by atoms with van der Waals surface area (Å²) in [7, 11) is 0. The van der Waals surface area contributed by atoms with Gasteiger partial charge in [-0.1, -0.05) is 103 Å². The first kappa shape index (κ1) is 18.8. The zero-order chi connectivity index (χ0) is 21.3. The van der Waals surface area contributed by atoms with E-state index < -0.39 is 0 Å². The van der Waals surface area contributed by atoms with Crippen molar-refractivity contribution in [3.63, 3.8) is 0 Å². The number of fused-ring (bicyclic) bond motifs is 2. The fraction of sp³-hybridized carbons (Fsp3) is 0.0667. The quantitative estimate of drug-likeness (QED) is 0.368. The van der Waals surface area contributed by atoms with Crippen molar-refractivity contribution < 1.29 is 4.74 Å². The van der Waals surface area contributed by atoms with Crippen LogP contribution in [0, 0.1) is 12.1 Å². The van der Waals surface area contributed by atoms with Crippen LogP contribution in [0.15, 0.2) is 103 Å². The van der Waals surface area contributed by atoms with E-state index in [1.165, 1.54) is 33.2 Å². The third-order valence-electron chi connectivity index (χ3n) is 6.36. The molecule has 32 heavy (non-hydrogen) atoms. The normalized spacial score (nSPS) is 14.0. The van der Waals surface area contributed by atoms with Gasteiger partial charge in [0.2, 0.25) is 0 Å². The van der Waals surface area contributed by atoms with Crippen LogP contribution in [0.1, 0.15) is 18.4 Å². The van der Waals surface area contributed by atoms with Crippen molar-refractivity contribution in [1.82, 2.24) is 0 Å². The third-order valence-corrected chi connectivity index (χ3v) is 6.36. The lowest BCUT2D eigenvalue weighted by molar-refractivity contribution is 0.487. The average molecular weight is 408 g/mol. The number of allylic oxidation sites excluding steroid dienone is 4. The first-order valence-electron chi connectivity index (χ1n) is 11.1. The minimum atomic E-state index is 0.0397. The second kappa shape index (κ2) is 7.95. The number of rotatable bonds is 3. The molecule has 0 aromatic heterocycles. The van der Waals surface area contributed by atoms with E-state index >= 15 is 0 Å². The van der Waals surface area contributed by atoms with Gasteiger partial charge in [-0.3, -0.25) is 0 Å². The van der Waals surface area contributed by atoms with E-state index in [4.69, 9.17) is 4.74 Å². The Kier molecular flexibility index (Phi) is 4.67. The van der Waals surface area contributed by atoms with Gasteiger partial charge in [0.15, 0.2) is 0 Å². The van der Waals surface area contributed by atoms with Crippen molar-refractivity contribution in [3.05, 3.63) is 121 Å². The molecule has 0 spiro atoms. The average Bonchev–Trinajstić information content (AvgIpc) is 2.88. The van der Waals surface area contributed by atoms with Gasteiger partial charge in [0.25, 0.3) is 6.71 Å². The largest absolute Gasteiger partial charge is 0.458 e. The Hall–Kier alpha value is -3.96. The standard InChI is InChI=1S/C30H21BO/c1-3-11-22(12-4-1)24-19-20-25(23-13-5-2-6-14-23)28(21-24)31-26-15-7-9-17-29(26)32-30-18-10-8-16-27(30)31/h1-5,7,9-13,15,17-21H,6,14H2. The van der Waals surface area contributed by atoms with Gasteiger partial charge in [0, 0.05) is 5.46 Å². The van der Waals surface area contributed by atoms with Crippen molar-refractivity contribution >= 4 is 28.7 Å². The molecule has 2 aliphatic rings. The molecule has 6 rings (SSSR count). The highest BCUT2D eigenvalue weighted by Gasteiger charge is 2.34. The minimum Gasteiger partial charge on any atom is -0.458 e. The van der Waals surface area contributed by atoms with Crippen molar-refractivity contribution in [1.29, 1.82) is 0 Å². The van der Waals surface area contributed by atoms with Crippen LogP contribution < -0.4 is 21.1 Å². The highest BCUT2D eigenvalue weighted by atomic mass is 16.5. The highest BCUT2D eigenvalue weighted by Crippen LogP contribution is 2.29. The van der Waals surface area contributed by atoms with Gasteiger partial charge in [-0.2, -0.15) is 0 Å². The Morgan fingerprint density at radius 1 is 0.781 bits per heavy atom. The summed E-state index contributed by atoms with van der Waals surface area (Å²) in [6, 6.07) is 36.3. The lowest BCUT2D eigenvalue weighted by Gasteiger charge is -2.27. The molecule has 0 bridgehead atoms. The number of para-hydroxylation sites is 1. The molecular weight excluding hydrogens is 387 g/mol. The summed E-state index contributed by atoms with van der Waals surface area (Å²) in [6.45, 7) is 0.0397. The van der Waals surface area contributed by atoms with Crippen molar-refractivity contribution in [2.45, 2.75) is 12.8 Å². The summed E-state index contributed by atoms with van der Waals surface area (Å²) in [5.41, 5.74) is 8.65. The predicted molar refractivity (Wildman–Crippen MR) is 134 cm³/mol. The van der Waals surface area contributed by atoms with Crippen LogP contribution in [-0.2, 0) is 0 Å². The zero-order valence-corrected chi connectivity index (χ0v) is 17.7. The van der Waals surface area contributed by atoms with E-state index in [0.29, 0.717) is 0 Å². The Morgan fingerprint density at radius 3 is 2.53 bits per heavy atom. The molecule has 150 valence electrons. The van der Waals surface area contributed by atoms with Gasteiger partial charge in [0.05, 0.1) is 0 Å². The van der Waals surface area contributed by atoms with E-state index in [9.17, 15) is 0 Å². The molecule has 2 heteroatoms. The van der Waals surface area contributed by atoms with Gasteiger partial charge in [0.1, 0.15) is 11.5 Å². The monoisotopic (exact) mass is 408 g/mol. The lowest BCUT2D eigenvalue weighted by Crippen LogP contribution is -2.55. The fourth-order valence-corrected chi connectivity index (χ4v) is 4.83. The summed E-state index contributed by atoms with van der Waals surface area (Å²) in [6.07, 6.45) is 8.81. The molecular formula is C30H21BO. The van der Waals surface area contributed by atoms with Crippen LogP contribution in [0.2, 0.25) is 0 Å². The number of benzene rings is 3. The second-order valence-electron chi connectivity index (χ2n) is 8.28. The Labute approximate surface area is 189 Å². The molecule has 0 unspecified atom stereocenters. The maximum Gasteiger partial charge on any atom is 0.262 e. The molecule has 0 saturated heterocycles. The van der Waals surface area contributed by atoms with Crippen LogP contribution >= 0.6 is 0 Å². The summed E-state index contributed by atoms with van der Waals surface area (Å²) in [4.78, 5) is 0. The van der Waals surface area contributed by atoms with Gasteiger partial charge in [-0.05, 0) is 58.8 Å². The van der Waals surface area contributed by atoms with E-state index in [0.717, 1.165) is 29.8 Å². The van der Waals surface area contributed by atoms with Gasteiger partial charge in [-0.25, -0.2) is 0 Å². The van der Waals surface area contributed by atoms with Crippen molar-refractivity contribution in [2.75, 3.05) is 0 Å². The molecule has 0 radical (unpaired) electrons. The van der Waals surface area contributed by atoms with Gasteiger partial charge < -0.3 is 4.74 Å². The van der Waals surface area contributed by atoms with Crippen molar-refractivity contribution in [2.24, 2.45) is 0 Å². The van der Waals surface area contributed by atoms with Crippen LogP contribution in [-0.4, -0.2) is 6.71 Å². The van der Waals surface area contributed by atoms with Crippen LogP contribution in [0.3, 0.4) is 0 Å². The molecule has 1 aliphatic carbocycles. The fourth-order valence-electron chi connectivity index (χ4n) is 4.83. The molecule has 0 N–H and O–H groups in total. The molecule has 0 fully saturated rings. The molecule has 0 atom stereocenters. The summed E-state index contributed by atoms with van der Waals surface area (Å²) in [5.74, 6) is 1.78. The van der Waals surface area contributed by atoms with E-state index in [2.05, 4.69) is 97.1 Å². The number of ether oxygens (including phenoxy) is 1. The highest BCUT2D eigenvalue weighted by molar-refractivity contribution is 6.97. The maximum absolute atomic E-state index is 6.25. The Balaban J connectivity index is 1.62. The molecule has 1 aliphatic heterocycles. The van der Waals surface area contributed by atoms with Crippen molar-refractivity contribution in [3.8, 4) is 22.6 Å². The third kappa shape index (κ3) is 3.24. The topological polar surface area (TPSA) is 9.23 Å². The lowest BCUT2D eigenvalue weighted by atomic mass is 9.35.